The molecule has 1 heterocycles. The van der Waals surface area contributed by atoms with Crippen molar-refractivity contribution in [1.29, 1.82) is 0 Å². The molecule has 1 aromatic rings. The summed E-state index contributed by atoms with van der Waals surface area (Å²) in [5.74, 6) is 0.682. The first-order valence-electron chi connectivity index (χ1n) is 7.18. The normalized spacial score (nSPS) is 13.6. The lowest BCUT2D eigenvalue weighted by Crippen LogP contribution is -2.27. The van der Waals surface area contributed by atoms with Crippen LogP contribution in [0.4, 0.5) is 0 Å². The Morgan fingerprint density at radius 3 is 2.65 bits per heavy atom. The third-order valence-electron chi connectivity index (χ3n) is 2.96. The summed E-state index contributed by atoms with van der Waals surface area (Å²) in [5.41, 5.74) is 6.47. The summed E-state index contributed by atoms with van der Waals surface area (Å²) >= 11 is 0. The molecule has 0 aromatic carbocycles. The molecule has 5 heteroatoms. The van der Waals surface area contributed by atoms with Gasteiger partial charge in [-0.25, -0.2) is 4.98 Å². The number of nitrogens with one attached hydrogen (secondary N) is 1. The van der Waals surface area contributed by atoms with Crippen molar-refractivity contribution in [3.63, 3.8) is 0 Å². The number of rotatable bonds is 6. The van der Waals surface area contributed by atoms with Gasteiger partial charge >= 0.3 is 0 Å². The summed E-state index contributed by atoms with van der Waals surface area (Å²) in [7, 11) is 0. The van der Waals surface area contributed by atoms with E-state index >= 15 is 0 Å². The summed E-state index contributed by atoms with van der Waals surface area (Å²) in [6.45, 7) is 11.2. The van der Waals surface area contributed by atoms with Crippen molar-refractivity contribution >= 4 is 5.91 Å². The maximum Gasteiger partial charge on any atom is 0.273 e. The van der Waals surface area contributed by atoms with Crippen molar-refractivity contribution in [2.45, 2.75) is 53.5 Å². The van der Waals surface area contributed by atoms with Gasteiger partial charge in [0.25, 0.3) is 5.91 Å². The van der Waals surface area contributed by atoms with Crippen LogP contribution in [-0.2, 0) is 0 Å². The average Bonchev–Trinajstić information content (AvgIpc) is 2.75. The van der Waals surface area contributed by atoms with Gasteiger partial charge in [-0.05, 0) is 24.2 Å². The lowest BCUT2D eigenvalue weighted by molar-refractivity contribution is 0.0944. The molecule has 0 bridgehead atoms. The van der Waals surface area contributed by atoms with Crippen LogP contribution in [0, 0.1) is 11.3 Å². The van der Waals surface area contributed by atoms with Crippen molar-refractivity contribution in [1.82, 2.24) is 10.3 Å². The minimum Gasteiger partial charge on any atom is -0.446 e. The SMILES string of the molecule is CC(C)CC(N)c1nc(C(=O)NCCC(C)(C)C)co1. The first-order chi connectivity index (χ1) is 9.19. The highest BCUT2D eigenvalue weighted by Crippen LogP contribution is 2.19. The van der Waals surface area contributed by atoms with Crippen LogP contribution in [0.25, 0.3) is 0 Å². The van der Waals surface area contributed by atoms with Crippen LogP contribution in [0.3, 0.4) is 0 Å². The molecule has 3 N–H and O–H groups in total. The zero-order valence-electron chi connectivity index (χ0n) is 13.2. The predicted molar refractivity (Wildman–Crippen MR) is 79.3 cm³/mol. The standard InChI is InChI=1S/C15H27N3O2/c1-10(2)8-11(16)14-18-12(9-20-14)13(19)17-7-6-15(3,4)5/h9-11H,6-8,16H2,1-5H3,(H,17,19). The molecule has 0 fully saturated rings. The Morgan fingerprint density at radius 2 is 2.10 bits per heavy atom. The smallest absolute Gasteiger partial charge is 0.273 e. The van der Waals surface area contributed by atoms with Crippen molar-refractivity contribution in [3.8, 4) is 0 Å². The van der Waals surface area contributed by atoms with Crippen LogP contribution in [0.15, 0.2) is 10.7 Å². The number of carbonyl (C=O) groups excluding carboxylic acids is 1. The van der Waals surface area contributed by atoms with Gasteiger partial charge in [0.1, 0.15) is 6.26 Å². The van der Waals surface area contributed by atoms with E-state index in [-0.39, 0.29) is 17.4 Å². The second-order valence-corrected chi connectivity index (χ2v) is 6.87. The maximum absolute atomic E-state index is 11.9. The Morgan fingerprint density at radius 1 is 1.45 bits per heavy atom. The second kappa shape index (κ2) is 6.88. The van der Waals surface area contributed by atoms with E-state index in [9.17, 15) is 4.79 Å². The van der Waals surface area contributed by atoms with Crippen molar-refractivity contribution in [2.24, 2.45) is 17.1 Å². The lowest BCUT2D eigenvalue weighted by Gasteiger charge is -2.17. The molecule has 114 valence electrons. The Kier molecular flexibility index (Phi) is 5.74. The molecule has 1 amide bonds. The van der Waals surface area contributed by atoms with Crippen molar-refractivity contribution in [3.05, 3.63) is 17.8 Å². The molecule has 0 aliphatic heterocycles. The largest absolute Gasteiger partial charge is 0.446 e. The Bertz CT molecular complexity index is 433. The highest BCUT2D eigenvalue weighted by molar-refractivity contribution is 5.91. The summed E-state index contributed by atoms with van der Waals surface area (Å²) in [6, 6.07) is -0.258. The quantitative estimate of drug-likeness (QED) is 0.840. The van der Waals surface area contributed by atoms with Crippen LogP contribution in [0.1, 0.15) is 69.9 Å². The summed E-state index contributed by atoms with van der Waals surface area (Å²) in [5, 5.41) is 2.85. The molecule has 5 nitrogen and oxygen atoms in total. The third kappa shape index (κ3) is 5.74. The molecule has 1 atom stereocenters. The van der Waals surface area contributed by atoms with E-state index in [1.165, 1.54) is 6.26 Å². The van der Waals surface area contributed by atoms with Crippen LogP contribution in [0.2, 0.25) is 0 Å². The van der Waals surface area contributed by atoms with Gasteiger partial charge < -0.3 is 15.5 Å². The number of oxazole rings is 1. The minimum atomic E-state index is -0.258. The molecule has 0 saturated heterocycles. The van der Waals surface area contributed by atoms with E-state index in [1.54, 1.807) is 0 Å². The van der Waals surface area contributed by atoms with Crippen molar-refractivity contribution in [2.75, 3.05) is 6.54 Å². The fraction of sp³-hybridized carbons (Fsp3) is 0.733. The number of aromatic nitrogens is 1. The number of nitrogens with two attached hydrogens (primary N) is 1. The zero-order chi connectivity index (χ0) is 15.3. The second-order valence-electron chi connectivity index (χ2n) is 6.87. The average molecular weight is 281 g/mol. The van der Waals surface area contributed by atoms with Gasteiger partial charge in [-0.15, -0.1) is 0 Å². The molecule has 0 radical (unpaired) electrons. The van der Waals surface area contributed by atoms with Crippen LogP contribution in [-0.4, -0.2) is 17.4 Å². The molecule has 1 unspecified atom stereocenters. The molecule has 1 aromatic heterocycles. The van der Waals surface area contributed by atoms with E-state index in [2.05, 4.69) is 44.9 Å². The fourth-order valence-corrected chi connectivity index (χ4v) is 1.81. The molecular formula is C15H27N3O2. The number of hydrogen-bond donors (Lipinski definition) is 2. The van der Waals surface area contributed by atoms with E-state index in [0.29, 0.717) is 24.0 Å². The van der Waals surface area contributed by atoms with Crippen LogP contribution in [0.5, 0.6) is 0 Å². The molecule has 0 spiro atoms. The first kappa shape index (κ1) is 16.7. The highest BCUT2D eigenvalue weighted by atomic mass is 16.3. The number of nitrogens with zero attached hydrogens (tertiary/aromatic N) is 1. The first-order valence-corrected chi connectivity index (χ1v) is 7.18. The summed E-state index contributed by atoms with van der Waals surface area (Å²) < 4.78 is 5.30. The maximum atomic E-state index is 11.9. The molecular weight excluding hydrogens is 254 g/mol. The van der Waals surface area contributed by atoms with Gasteiger partial charge in [-0.3, -0.25) is 4.79 Å². The number of hydrogen-bond acceptors (Lipinski definition) is 4. The highest BCUT2D eigenvalue weighted by Gasteiger charge is 2.18. The Hall–Kier alpha value is -1.36. The van der Waals surface area contributed by atoms with Crippen molar-refractivity contribution < 1.29 is 9.21 Å². The molecule has 0 aliphatic rings. The molecule has 1 rings (SSSR count). The van der Waals surface area contributed by atoms with E-state index in [1.807, 2.05) is 0 Å². The molecule has 0 aliphatic carbocycles. The Balaban J connectivity index is 2.52. The van der Waals surface area contributed by atoms with Crippen LogP contribution >= 0.6 is 0 Å². The van der Waals surface area contributed by atoms with Gasteiger partial charge in [0.05, 0.1) is 6.04 Å². The third-order valence-corrected chi connectivity index (χ3v) is 2.96. The van der Waals surface area contributed by atoms with E-state index < -0.39 is 0 Å². The number of amides is 1. The molecule has 0 saturated carbocycles. The predicted octanol–water partition coefficient (Wildman–Crippen LogP) is 2.89. The monoisotopic (exact) mass is 281 g/mol. The van der Waals surface area contributed by atoms with Crippen LogP contribution < -0.4 is 11.1 Å². The zero-order valence-corrected chi connectivity index (χ0v) is 13.2. The van der Waals surface area contributed by atoms with Gasteiger partial charge in [-0.1, -0.05) is 34.6 Å². The van der Waals surface area contributed by atoms with Gasteiger partial charge in [0.15, 0.2) is 5.69 Å². The minimum absolute atomic E-state index is 0.196. The summed E-state index contributed by atoms with van der Waals surface area (Å²) in [6.07, 6.45) is 3.07. The Labute approximate surface area is 121 Å². The van der Waals surface area contributed by atoms with E-state index in [4.69, 9.17) is 10.2 Å². The lowest BCUT2D eigenvalue weighted by atomic mass is 9.92. The molecule has 20 heavy (non-hydrogen) atoms. The number of carbonyl (C=O) groups is 1. The van der Waals surface area contributed by atoms with Gasteiger partial charge in [0, 0.05) is 6.54 Å². The van der Waals surface area contributed by atoms with Gasteiger partial charge in [0.2, 0.25) is 5.89 Å². The van der Waals surface area contributed by atoms with E-state index in [0.717, 1.165) is 12.8 Å². The fourth-order valence-electron chi connectivity index (χ4n) is 1.81. The van der Waals surface area contributed by atoms with Gasteiger partial charge in [-0.2, -0.15) is 0 Å². The summed E-state index contributed by atoms with van der Waals surface area (Å²) in [4.78, 5) is 16.1. The topological polar surface area (TPSA) is 81.1 Å².